The summed E-state index contributed by atoms with van der Waals surface area (Å²) >= 11 is 0. The molecule has 88 valence electrons. The minimum absolute atomic E-state index is 0.652. The molecule has 2 nitrogen and oxygen atoms in total. The highest BCUT2D eigenvalue weighted by Crippen LogP contribution is 2.18. The summed E-state index contributed by atoms with van der Waals surface area (Å²) in [6.07, 6.45) is 2.35. The van der Waals surface area contributed by atoms with Gasteiger partial charge in [0.15, 0.2) is 0 Å². The molecule has 1 aliphatic heterocycles. The van der Waals surface area contributed by atoms with Crippen LogP contribution in [0.15, 0.2) is 24.3 Å². The minimum Gasteiger partial charge on any atom is -0.370 e. The van der Waals surface area contributed by atoms with Crippen molar-refractivity contribution in [3.63, 3.8) is 0 Å². The van der Waals surface area contributed by atoms with Crippen LogP contribution in [0.2, 0.25) is 0 Å². The second kappa shape index (κ2) is 5.35. The molecule has 0 saturated carbocycles. The number of hydrogen-bond acceptors (Lipinski definition) is 2. The largest absolute Gasteiger partial charge is 0.370 e. The van der Waals surface area contributed by atoms with Crippen LogP contribution in [0.3, 0.4) is 0 Å². The first-order valence-corrected chi connectivity index (χ1v) is 6.37. The molecule has 1 atom stereocenters. The van der Waals surface area contributed by atoms with E-state index in [0.29, 0.717) is 6.04 Å². The topological polar surface area (TPSA) is 15.3 Å². The lowest BCUT2D eigenvalue weighted by Crippen LogP contribution is -2.28. The average Bonchev–Trinajstić information content (AvgIpc) is 2.54. The van der Waals surface area contributed by atoms with Crippen LogP contribution in [0.1, 0.15) is 25.8 Å². The van der Waals surface area contributed by atoms with Gasteiger partial charge in [-0.3, -0.25) is 0 Å². The highest BCUT2D eigenvalue weighted by atomic mass is 15.2. The number of hydrogen-bond donors (Lipinski definition) is 1. The zero-order valence-corrected chi connectivity index (χ0v) is 10.4. The van der Waals surface area contributed by atoms with Crippen molar-refractivity contribution < 1.29 is 0 Å². The molecule has 1 unspecified atom stereocenters. The smallest absolute Gasteiger partial charge is 0.0369 e. The van der Waals surface area contributed by atoms with Gasteiger partial charge in [0.25, 0.3) is 0 Å². The fourth-order valence-electron chi connectivity index (χ4n) is 2.24. The van der Waals surface area contributed by atoms with Gasteiger partial charge in [-0.2, -0.15) is 0 Å². The van der Waals surface area contributed by atoms with Gasteiger partial charge in [-0.15, -0.1) is 0 Å². The maximum absolute atomic E-state index is 3.53. The fourth-order valence-corrected chi connectivity index (χ4v) is 2.24. The lowest BCUT2D eigenvalue weighted by atomic mass is 10.1. The molecule has 1 heterocycles. The first-order valence-electron chi connectivity index (χ1n) is 6.37. The lowest BCUT2D eigenvalue weighted by Gasteiger charge is -2.22. The van der Waals surface area contributed by atoms with Crippen molar-refractivity contribution in [1.29, 1.82) is 0 Å². The van der Waals surface area contributed by atoms with Crippen LogP contribution in [0.4, 0.5) is 5.69 Å². The maximum Gasteiger partial charge on any atom is 0.0369 e. The quantitative estimate of drug-likeness (QED) is 0.820. The molecule has 0 aromatic heterocycles. The summed E-state index contributed by atoms with van der Waals surface area (Å²) in [6.45, 7) is 7.87. The summed E-state index contributed by atoms with van der Waals surface area (Å²) in [5.74, 6) is 0. The molecule has 1 saturated heterocycles. The summed E-state index contributed by atoms with van der Waals surface area (Å²) in [7, 11) is 0. The van der Waals surface area contributed by atoms with Crippen molar-refractivity contribution >= 4 is 5.69 Å². The monoisotopic (exact) mass is 218 g/mol. The van der Waals surface area contributed by atoms with Crippen molar-refractivity contribution in [2.75, 3.05) is 24.5 Å². The SMILES string of the molecule is CCc1cccc(N2CCNC(C)CC2)c1. The Morgan fingerprint density at radius 2 is 2.25 bits per heavy atom. The number of rotatable bonds is 2. The Morgan fingerprint density at radius 3 is 3.06 bits per heavy atom. The van der Waals surface area contributed by atoms with E-state index in [1.54, 1.807) is 0 Å². The second-order valence-electron chi connectivity index (χ2n) is 4.65. The molecule has 0 radical (unpaired) electrons. The molecule has 1 aromatic carbocycles. The zero-order valence-electron chi connectivity index (χ0n) is 10.4. The Bertz CT molecular complexity index is 335. The first-order chi connectivity index (χ1) is 7.79. The lowest BCUT2D eigenvalue weighted by molar-refractivity contribution is 0.566. The Kier molecular flexibility index (Phi) is 3.83. The van der Waals surface area contributed by atoms with Crippen molar-refractivity contribution in [3.8, 4) is 0 Å². The molecule has 0 aliphatic carbocycles. The van der Waals surface area contributed by atoms with Crippen molar-refractivity contribution in [3.05, 3.63) is 29.8 Å². The molecule has 1 aromatic rings. The van der Waals surface area contributed by atoms with E-state index in [-0.39, 0.29) is 0 Å². The molecule has 1 fully saturated rings. The van der Waals surface area contributed by atoms with Crippen LogP contribution in [-0.4, -0.2) is 25.7 Å². The zero-order chi connectivity index (χ0) is 11.4. The number of aryl methyl sites for hydroxylation is 1. The van der Waals surface area contributed by atoms with Gasteiger partial charge in [-0.1, -0.05) is 19.1 Å². The van der Waals surface area contributed by atoms with Crippen LogP contribution in [-0.2, 0) is 6.42 Å². The van der Waals surface area contributed by atoms with E-state index < -0.39 is 0 Å². The fraction of sp³-hybridized carbons (Fsp3) is 0.571. The number of nitrogens with one attached hydrogen (secondary N) is 1. The number of benzene rings is 1. The number of anilines is 1. The van der Waals surface area contributed by atoms with Crippen LogP contribution in [0.25, 0.3) is 0 Å². The van der Waals surface area contributed by atoms with Crippen LogP contribution in [0.5, 0.6) is 0 Å². The maximum atomic E-state index is 3.53. The highest BCUT2D eigenvalue weighted by molar-refractivity contribution is 5.48. The molecule has 0 amide bonds. The predicted molar refractivity (Wildman–Crippen MR) is 70.1 cm³/mol. The van der Waals surface area contributed by atoms with E-state index in [2.05, 4.69) is 48.3 Å². The van der Waals surface area contributed by atoms with Gasteiger partial charge in [0, 0.05) is 31.4 Å². The highest BCUT2D eigenvalue weighted by Gasteiger charge is 2.13. The number of nitrogens with zero attached hydrogens (tertiary/aromatic N) is 1. The summed E-state index contributed by atoms with van der Waals surface area (Å²) in [4.78, 5) is 2.50. The Hall–Kier alpha value is -1.02. The minimum atomic E-state index is 0.652. The van der Waals surface area contributed by atoms with E-state index in [9.17, 15) is 0 Å². The van der Waals surface area contributed by atoms with E-state index in [1.807, 2.05) is 0 Å². The normalized spacial score (nSPS) is 21.9. The van der Waals surface area contributed by atoms with Crippen LogP contribution < -0.4 is 10.2 Å². The van der Waals surface area contributed by atoms with Crippen LogP contribution in [0, 0.1) is 0 Å². The summed E-state index contributed by atoms with van der Waals surface area (Å²) in [5.41, 5.74) is 2.82. The third kappa shape index (κ3) is 2.76. The average molecular weight is 218 g/mol. The van der Waals surface area contributed by atoms with Gasteiger partial charge in [-0.05, 0) is 37.5 Å². The molecule has 1 N–H and O–H groups in total. The van der Waals surface area contributed by atoms with Gasteiger partial charge in [0.05, 0.1) is 0 Å². The molecule has 0 bridgehead atoms. The Morgan fingerprint density at radius 1 is 1.38 bits per heavy atom. The van der Waals surface area contributed by atoms with Gasteiger partial charge in [-0.25, -0.2) is 0 Å². The molecule has 16 heavy (non-hydrogen) atoms. The van der Waals surface area contributed by atoms with Gasteiger partial charge < -0.3 is 10.2 Å². The first kappa shape index (κ1) is 11.5. The van der Waals surface area contributed by atoms with Crippen LogP contribution >= 0.6 is 0 Å². The molecular weight excluding hydrogens is 196 g/mol. The standard InChI is InChI=1S/C14H22N2/c1-3-13-5-4-6-14(11-13)16-9-7-12(2)15-8-10-16/h4-6,11-12,15H,3,7-10H2,1-2H3. The van der Waals surface area contributed by atoms with Crippen molar-refractivity contribution in [1.82, 2.24) is 5.32 Å². The van der Waals surface area contributed by atoms with E-state index in [4.69, 9.17) is 0 Å². The van der Waals surface area contributed by atoms with Gasteiger partial charge >= 0.3 is 0 Å². The summed E-state index contributed by atoms with van der Waals surface area (Å²) in [5, 5.41) is 3.53. The molecular formula is C14H22N2. The molecule has 2 rings (SSSR count). The van der Waals surface area contributed by atoms with E-state index in [1.165, 1.54) is 24.2 Å². The second-order valence-corrected chi connectivity index (χ2v) is 4.65. The molecule has 2 heteroatoms. The van der Waals surface area contributed by atoms with Gasteiger partial charge in [0.2, 0.25) is 0 Å². The van der Waals surface area contributed by atoms with E-state index in [0.717, 1.165) is 19.5 Å². The van der Waals surface area contributed by atoms with Gasteiger partial charge in [0.1, 0.15) is 0 Å². The Labute approximate surface area is 98.7 Å². The van der Waals surface area contributed by atoms with Crippen molar-refractivity contribution in [2.24, 2.45) is 0 Å². The molecule has 1 aliphatic rings. The van der Waals surface area contributed by atoms with Crippen molar-refractivity contribution in [2.45, 2.75) is 32.7 Å². The molecule has 0 spiro atoms. The summed E-state index contributed by atoms with van der Waals surface area (Å²) in [6, 6.07) is 9.60. The summed E-state index contributed by atoms with van der Waals surface area (Å²) < 4.78 is 0. The Balaban J connectivity index is 2.10. The predicted octanol–water partition coefficient (Wildman–Crippen LogP) is 2.44. The van der Waals surface area contributed by atoms with E-state index >= 15 is 0 Å². The third-order valence-electron chi connectivity index (χ3n) is 3.39. The third-order valence-corrected chi connectivity index (χ3v) is 3.39.